The van der Waals surface area contributed by atoms with Crippen LogP contribution in [-0.4, -0.2) is 17.4 Å². The van der Waals surface area contributed by atoms with E-state index in [1.165, 1.54) is 17.5 Å². The van der Waals surface area contributed by atoms with Crippen molar-refractivity contribution >= 4 is 11.5 Å². The molecule has 2 unspecified atom stereocenters. The summed E-state index contributed by atoms with van der Waals surface area (Å²) in [6, 6.07) is 6.62. The summed E-state index contributed by atoms with van der Waals surface area (Å²) in [5.41, 5.74) is 3.13. The number of hydrogen-bond donors (Lipinski definition) is 0. The average molecular weight is 430 g/mol. The summed E-state index contributed by atoms with van der Waals surface area (Å²) in [7, 11) is 0. The lowest BCUT2D eigenvalue weighted by atomic mass is 9.57. The van der Waals surface area contributed by atoms with Crippen LogP contribution < -0.4 is 0 Å². The van der Waals surface area contributed by atoms with Gasteiger partial charge in [-0.3, -0.25) is 9.79 Å². The van der Waals surface area contributed by atoms with Crippen LogP contribution in [0.15, 0.2) is 23.2 Å². The van der Waals surface area contributed by atoms with Crippen molar-refractivity contribution in [3.8, 4) is 0 Å². The molecule has 2 nitrogen and oxygen atoms in total. The highest BCUT2D eigenvalue weighted by atomic mass is 19.3. The van der Waals surface area contributed by atoms with Gasteiger partial charge in [-0.2, -0.15) is 0 Å². The Labute approximate surface area is 185 Å². The van der Waals surface area contributed by atoms with Gasteiger partial charge in [-0.15, -0.1) is 0 Å². The summed E-state index contributed by atoms with van der Waals surface area (Å²) in [5.74, 6) is -2.93. The number of aryl methyl sites for hydroxylation is 1. The topological polar surface area (TPSA) is 29.4 Å². The van der Waals surface area contributed by atoms with Crippen molar-refractivity contribution in [2.45, 2.75) is 103 Å². The summed E-state index contributed by atoms with van der Waals surface area (Å²) in [6.07, 6.45) is 8.19. The second-order valence-electron chi connectivity index (χ2n) is 11.0. The molecule has 0 aromatic heterocycles. The van der Waals surface area contributed by atoms with E-state index in [9.17, 15) is 13.6 Å². The Morgan fingerprint density at radius 3 is 2.55 bits per heavy atom. The Bertz CT molecular complexity index is 876. The predicted octanol–water partition coefficient (Wildman–Crippen LogP) is 7.07. The minimum absolute atomic E-state index is 0.0405. The standard InChI is InChI=1S/C27H37F2NO/c1-18(2)8-9-20-10-11-21-17-26(12-6-5-7-13-26)27(23(21)15-20)24(31)22(14-19(3)30-27)16-25(4,28)29/h10-11,15,18,22H,5-9,12-14,16-17H2,1-4H3. The largest absolute Gasteiger partial charge is 0.296 e. The Morgan fingerprint density at radius 2 is 1.90 bits per heavy atom. The quantitative estimate of drug-likeness (QED) is 0.492. The first-order valence-corrected chi connectivity index (χ1v) is 12.2. The van der Waals surface area contributed by atoms with Gasteiger partial charge in [0.1, 0.15) is 5.54 Å². The molecule has 4 heteroatoms. The molecule has 0 bridgehead atoms. The van der Waals surface area contributed by atoms with Crippen LogP contribution in [0.2, 0.25) is 0 Å². The second kappa shape index (κ2) is 8.08. The van der Waals surface area contributed by atoms with Crippen molar-refractivity contribution < 1.29 is 13.6 Å². The van der Waals surface area contributed by atoms with E-state index in [0.29, 0.717) is 12.3 Å². The van der Waals surface area contributed by atoms with E-state index >= 15 is 0 Å². The number of ketones is 1. The first-order valence-electron chi connectivity index (χ1n) is 12.2. The number of hydrogen-bond acceptors (Lipinski definition) is 2. The first kappa shape index (κ1) is 22.6. The molecule has 0 amide bonds. The molecule has 2 spiro atoms. The molecule has 1 aromatic carbocycles. The molecule has 0 saturated heterocycles. The molecule has 0 radical (unpaired) electrons. The summed E-state index contributed by atoms with van der Waals surface area (Å²) in [5, 5.41) is 0. The lowest BCUT2D eigenvalue weighted by molar-refractivity contribution is -0.138. The molecule has 31 heavy (non-hydrogen) atoms. The van der Waals surface area contributed by atoms with Crippen molar-refractivity contribution in [3.63, 3.8) is 0 Å². The molecule has 4 rings (SSSR count). The first-order chi connectivity index (χ1) is 14.6. The molecule has 1 aliphatic heterocycles. The second-order valence-corrected chi connectivity index (χ2v) is 11.0. The maximum absolute atomic E-state index is 14.1. The molecule has 0 N–H and O–H groups in total. The van der Waals surface area contributed by atoms with Crippen LogP contribution in [0.3, 0.4) is 0 Å². The highest BCUT2D eigenvalue weighted by Gasteiger charge is 2.64. The van der Waals surface area contributed by atoms with Gasteiger partial charge in [0.2, 0.25) is 5.92 Å². The van der Waals surface area contributed by atoms with Gasteiger partial charge in [0.05, 0.1) is 0 Å². The van der Waals surface area contributed by atoms with Crippen molar-refractivity contribution in [2.24, 2.45) is 22.2 Å². The number of benzene rings is 1. The minimum atomic E-state index is -2.85. The number of carbonyl (C=O) groups is 1. The summed E-state index contributed by atoms with van der Waals surface area (Å²) in [6.45, 7) is 7.32. The summed E-state index contributed by atoms with van der Waals surface area (Å²) in [4.78, 5) is 19.3. The van der Waals surface area contributed by atoms with Crippen LogP contribution in [0.4, 0.5) is 8.78 Å². The average Bonchev–Trinajstić information content (AvgIpc) is 2.93. The normalized spacial score (nSPS) is 27.8. The number of fused-ring (bicyclic) bond motifs is 3. The van der Waals surface area contributed by atoms with E-state index in [4.69, 9.17) is 4.99 Å². The van der Waals surface area contributed by atoms with Crippen LogP contribution in [0.1, 0.15) is 95.8 Å². The van der Waals surface area contributed by atoms with E-state index in [2.05, 4.69) is 32.0 Å². The van der Waals surface area contributed by atoms with Crippen LogP contribution in [0.5, 0.6) is 0 Å². The van der Waals surface area contributed by atoms with Crippen LogP contribution >= 0.6 is 0 Å². The Balaban J connectivity index is 1.85. The van der Waals surface area contributed by atoms with E-state index in [1.54, 1.807) is 0 Å². The van der Waals surface area contributed by atoms with E-state index in [-0.39, 0.29) is 17.6 Å². The van der Waals surface area contributed by atoms with E-state index < -0.39 is 17.4 Å². The lowest BCUT2D eigenvalue weighted by Gasteiger charge is -2.49. The van der Waals surface area contributed by atoms with Gasteiger partial charge in [0, 0.05) is 23.5 Å². The monoisotopic (exact) mass is 429 g/mol. The maximum atomic E-state index is 14.1. The van der Waals surface area contributed by atoms with E-state index in [0.717, 1.165) is 63.1 Å². The molecule has 1 aromatic rings. The molecule has 170 valence electrons. The van der Waals surface area contributed by atoms with E-state index in [1.807, 2.05) is 6.92 Å². The number of aliphatic imine (C=N–C) groups is 1. The van der Waals surface area contributed by atoms with Gasteiger partial charge in [-0.25, -0.2) is 8.78 Å². The number of nitrogens with zero attached hydrogens (tertiary/aromatic N) is 1. The SMILES string of the molecule is CC1=NC2(C(=O)C(CC(C)(F)F)C1)c1cc(CCC(C)C)ccc1CC21CCCCC1. The molecule has 1 heterocycles. The van der Waals surface area contributed by atoms with Crippen molar-refractivity contribution in [1.29, 1.82) is 0 Å². The molecular weight excluding hydrogens is 392 g/mol. The number of alkyl halides is 2. The molecule has 3 aliphatic rings. The van der Waals surface area contributed by atoms with Gasteiger partial charge in [0.25, 0.3) is 0 Å². The zero-order chi connectivity index (χ0) is 22.4. The van der Waals surface area contributed by atoms with Gasteiger partial charge in [-0.05, 0) is 75.0 Å². The third kappa shape index (κ3) is 4.00. The maximum Gasteiger partial charge on any atom is 0.246 e. The van der Waals surface area contributed by atoms with Crippen molar-refractivity contribution in [3.05, 3.63) is 34.9 Å². The fourth-order valence-corrected chi connectivity index (χ4v) is 6.57. The summed E-state index contributed by atoms with van der Waals surface area (Å²) >= 11 is 0. The fraction of sp³-hybridized carbons (Fsp3) is 0.704. The van der Waals surface area contributed by atoms with Crippen molar-refractivity contribution in [2.75, 3.05) is 0 Å². The van der Waals surface area contributed by atoms with Crippen LogP contribution in [0, 0.1) is 17.3 Å². The molecular formula is C27H37F2NO. The number of carbonyl (C=O) groups excluding carboxylic acids is 1. The molecule has 1 saturated carbocycles. The van der Waals surface area contributed by atoms with Gasteiger partial charge in [-0.1, -0.05) is 51.3 Å². The Hall–Kier alpha value is -1.58. The zero-order valence-corrected chi connectivity index (χ0v) is 19.6. The van der Waals surface area contributed by atoms with Crippen molar-refractivity contribution in [1.82, 2.24) is 0 Å². The minimum Gasteiger partial charge on any atom is -0.296 e. The number of rotatable bonds is 5. The zero-order valence-electron chi connectivity index (χ0n) is 19.6. The molecule has 2 atom stereocenters. The third-order valence-corrected chi connectivity index (χ3v) is 7.91. The molecule has 1 fully saturated rings. The summed E-state index contributed by atoms with van der Waals surface area (Å²) < 4.78 is 28.1. The highest BCUT2D eigenvalue weighted by molar-refractivity contribution is 6.02. The lowest BCUT2D eigenvalue weighted by Crippen LogP contribution is -2.54. The smallest absolute Gasteiger partial charge is 0.246 e. The fourth-order valence-electron chi connectivity index (χ4n) is 6.57. The Morgan fingerprint density at radius 1 is 1.19 bits per heavy atom. The highest BCUT2D eigenvalue weighted by Crippen LogP contribution is 2.62. The Kier molecular flexibility index (Phi) is 5.89. The predicted molar refractivity (Wildman–Crippen MR) is 122 cm³/mol. The van der Waals surface area contributed by atoms with Gasteiger partial charge < -0.3 is 0 Å². The third-order valence-electron chi connectivity index (χ3n) is 7.91. The van der Waals surface area contributed by atoms with Crippen LogP contribution in [-0.2, 0) is 23.2 Å². The van der Waals surface area contributed by atoms with Gasteiger partial charge >= 0.3 is 0 Å². The van der Waals surface area contributed by atoms with Gasteiger partial charge in [0.15, 0.2) is 5.78 Å². The number of halogens is 2. The molecule has 2 aliphatic carbocycles. The van der Waals surface area contributed by atoms with Crippen LogP contribution in [0.25, 0.3) is 0 Å². The number of Topliss-reactive ketones (excluding diaryl/α,β-unsaturated/α-hetero) is 1.